The van der Waals surface area contributed by atoms with Crippen LogP contribution in [0.4, 0.5) is 0 Å². The van der Waals surface area contributed by atoms with Gasteiger partial charge < -0.3 is 5.43 Å². The molecule has 0 aliphatic rings. The van der Waals surface area contributed by atoms with Gasteiger partial charge in [0.25, 0.3) is 0 Å². The van der Waals surface area contributed by atoms with Gasteiger partial charge in [-0.15, -0.1) is 0 Å². The van der Waals surface area contributed by atoms with Gasteiger partial charge in [-0.05, 0) is 36.8 Å². The van der Waals surface area contributed by atoms with Gasteiger partial charge in [-0.3, -0.25) is 5.10 Å². The van der Waals surface area contributed by atoms with Crippen LogP contribution >= 0.6 is 28.1 Å². The number of hydrogen-bond acceptors (Lipinski definition) is 3. The zero-order valence-corrected chi connectivity index (χ0v) is 11.1. The Labute approximate surface area is 107 Å². The van der Waals surface area contributed by atoms with Crippen LogP contribution in [-0.2, 0) is 6.54 Å². The second-order valence-electron chi connectivity index (χ2n) is 3.37. The van der Waals surface area contributed by atoms with Crippen LogP contribution in [-0.4, -0.2) is 14.9 Å². The van der Waals surface area contributed by atoms with Gasteiger partial charge in [-0.25, -0.2) is 4.68 Å². The van der Waals surface area contributed by atoms with Crippen molar-refractivity contribution in [2.24, 2.45) is 0 Å². The largest absolute Gasteiger partial charge is 0.318 e. The Morgan fingerprint density at radius 3 is 2.69 bits per heavy atom. The summed E-state index contributed by atoms with van der Waals surface area (Å²) < 4.78 is 3.42. The molecule has 0 radical (unpaired) electrons. The Bertz CT molecular complexity index is 528. The molecule has 6 heteroatoms. The number of nitrogens with zero attached hydrogens (tertiary/aromatic N) is 2. The van der Waals surface area contributed by atoms with Crippen molar-refractivity contribution in [2.45, 2.75) is 13.5 Å². The Morgan fingerprint density at radius 1 is 1.44 bits per heavy atom. The highest BCUT2D eigenvalue weighted by molar-refractivity contribution is 9.10. The minimum Gasteiger partial charge on any atom is -0.318 e. The van der Waals surface area contributed by atoms with Crippen molar-refractivity contribution in [1.29, 1.82) is 0 Å². The highest BCUT2D eigenvalue weighted by Crippen LogP contribution is 2.10. The molecule has 0 aliphatic carbocycles. The molecule has 16 heavy (non-hydrogen) atoms. The van der Waals surface area contributed by atoms with E-state index < -0.39 is 0 Å². The van der Waals surface area contributed by atoms with Crippen molar-refractivity contribution >= 4 is 28.1 Å². The van der Waals surface area contributed by atoms with Crippen LogP contribution in [0.3, 0.4) is 0 Å². The lowest BCUT2D eigenvalue weighted by Gasteiger charge is -2.08. The third-order valence-electron chi connectivity index (χ3n) is 2.19. The van der Waals surface area contributed by atoms with Crippen molar-refractivity contribution in [3.05, 3.63) is 44.9 Å². The molecular formula is C10H11BrN4S. The second-order valence-corrected chi connectivity index (χ2v) is 4.68. The summed E-state index contributed by atoms with van der Waals surface area (Å²) in [7, 11) is 0. The molecule has 0 fully saturated rings. The fourth-order valence-electron chi connectivity index (χ4n) is 1.33. The maximum atomic E-state index is 5.08. The van der Waals surface area contributed by atoms with Crippen LogP contribution in [0.15, 0.2) is 28.7 Å². The number of H-pyrrole nitrogens is 1. The van der Waals surface area contributed by atoms with E-state index in [-0.39, 0.29) is 0 Å². The number of nitrogens with one attached hydrogen (secondary N) is 2. The average Bonchev–Trinajstić information content (AvgIpc) is 2.59. The predicted molar refractivity (Wildman–Crippen MR) is 69.4 cm³/mol. The summed E-state index contributed by atoms with van der Waals surface area (Å²) in [5.74, 6) is 0.821. The molecule has 1 aromatic carbocycles. The van der Waals surface area contributed by atoms with Gasteiger partial charge in [0.05, 0.1) is 6.54 Å². The number of aryl methyl sites for hydroxylation is 1. The van der Waals surface area contributed by atoms with Crippen LogP contribution in [0.25, 0.3) is 0 Å². The number of benzene rings is 1. The van der Waals surface area contributed by atoms with E-state index in [9.17, 15) is 0 Å². The molecule has 0 saturated heterocycles. The minimum atomic E-state index is 0.578. The SMILES string of the molecule is Cc1n[nH]c(=S)n1NCc1ccc(Br)cc1. The monoisotopic (exact) mass is 298 g/mol. The smallest absolute Gasteiger partial charge is 0.214 e. The van der Waals surface area contributed by atoms with Crippen molar-refractivity contribution in [3.63, 3.8) is 0 Å². The zero-order chi connectivity index (χ0) is 11.5. The molecule has 2 rings (SSSR count). The summed E-state index contributed by atoms with van der Waals surface area (Å²) in [5, 5.41) is 6.75. The first-order chi connectivity index (χ1) is 7.66. The lowest BCUT2D eigenvalue weighted by molar-refractivity contribution is 0.794. The second kappa shape index (κ2) is 4.80. The standard InChI is InChI=1S/C10H11BrN4S/c1-7-13-14-10(16)15(7)12-6-8-2-4-9(11)5-3-8/h2-5,12H,6H2,1H3,(H,14,16). The number of rotatable bonds is 3. The van der Waals surface area contributed by atoms with Crippen molar-refractivity contribution in [1.82, 2.24) is 14.9 Å². The number of halogens is 1. The molecular weight excluding hydrogens is 288 g/mol. The molecule has 0 amide bonds. The Hall–Kier alpha value is -1.14. The van der Waals surface area contributed by atoms with Gasteiger partial charge in [0.2, 0.25) is 4.77 Å². The summed E-state index contributed by atoms with van der Waals surface area (Å²) in [6.45, 7) is 2.60. The first-order valence-corrected chi connectivity index (χ1v) is 5.99. The minimum absolute atomic E-state index is 0.578. The van der Waals surface area contributed by atoms with E-state index in [1.54, 1.807) is 4.68 Å². The average molecular weight is 299 g/mol. The normalized spacial score (nSPS) is 10.4. The molecule has 84 valence electrons. The predicted octanol–water partition coefficient (Wildman–Crippen LogP) is 2.76. The topological polar surface area (TPSA) is 45.6 Å². The molecule has 0 saturated carbocycles. The molecule has 0 atom stereocenters. The molecule has 1 heterocycles. The zero-order valence-electron chi connectivity index (χ0n) is 8.70. The number of hydrogen-bond donors (Lipinski definition) is 2. The van der Waals surface area contributed by atoms with Crippen LogP contribution in [0.2, 0.25) is 0 Å². The van der Waals surface area contributed by atoms with Crippen LogP contribution in [0, 0.1) is 11.7 Å². The molecule has 0 bridgehead atoms. The summed E-state index contributed by atoms with van der Waals surface area (Å²) >= 11 is 8.49. The molecule has 0 spiro atoms. The Kier molecular flexibility index (Phi) is 3.40. The summed E-state index contributed by atoms with van der Waals surface area (Å²) in [5.41, 5.74) is 4.39. The van der Waals surface area contributed by atoms with Gasteiger partial charge >= 0.3 is 0 Å². The summed E-state index contributed by atoms with van der Waals surface area (Å²) in [4.78, 5) is 0. The first kappa shape index (κ1) is 11.3. The third-order valence-corrected chi connectivity index (χ3v) is 3.00. The first-order valence-electron chi connectivity index (χ1n) is 4.79. The van der Waals surface area contributed by atoms with Crippen LogP contribution in [0.1, 0.15) is 11.4 Å². The third kappa shape index (κ3) is 2.51. The summed E-state index contributed by atoms with van der Waals surface area (Å²) in [6.07, 6.45) is 0. The van der Waals surface area contributed by atoms with Gasteiger partial charge in [0, 0.05) is 4.47 Å². The van der Waals surface area contributed by atoms with Crippen molar-refractivity contribution in [3.8, 4) is 0 Å². The molecule has 2 aromatic rings. The quantitative estimate of drug-likeness (QED) is 0.857. The van der Waals surface area contributed by atoms with Gasteiger partial charge in [-0.1, -0.05) is 28.1 Å². The fraction of sp³-hybridized carbons (Fsp3) is 0.200. The lowest BCUT2D eigenvalue weighted by Crippen LogP contribution is -2.15. The molecule has 4 nitrogen and oxygen atoms in total. The molecule has 0 unspecified atom stereocenters. The van der Waals surface area contributed by atoms with E-state index in [1.807, 2.05) is 19.1 Å². The van der Waals surface area contributed by atoms with E-state index in [1.165, 1.54) is 5.56 Å². The van der Waals surface area contributed by atoms with Crippen LogP contribution < -0.4 is 5.43 Å². The highest BCUT2D eigenvalue weighted by Gasteiger charge is 1.99. The highest BCUT2D eigenvalue weighted by atomic mass is 79.9. The van der Waals surface area contributed by atoms with Crippen molar-refractivity contribution < 1.29 is 0 Å². The Morgan fingerprint density at radius 2 is 2.12 bits per heavy atom. The van der Waals surface area contributed by atoms with Crippen molar-refractivity contribution in [2.75, 3.05) is 5.43 Å². The molecule has 2 N–H and O–H groups in total. The molecule has 0 aliphatic heterocycles. The van der Waals surface area contributed by atoms with Gasteiger partial charge in [0.15, 0.2) is 0 Å². The summed E-state index contributed by atoms with van der Waals surface area (Å²) in [6, 6.07) is 8.13. The molecule has 1 aromatic heterocycles. The van der Waals surface area contributed by atoms with E-state index in [2.05, 4.69) is 43.7 Å². The number of aromatic nitrogens is 3. The number of aromatic amines is 1. The maximum absolute atomic E-state index is 5.08. The van der Waals surface area contributed by atoms with E-state index in [0.29, 0.717) is 11.3 Å². The Balaban J connectivity index is 2.08. The van der Waals surface area contributed by atoms with Gasteiger partial charge in [-0.2, -0.15) is 5.10 Å². The fourth-order valence-corrected chi connectivity index (χ4v) is 1.84. The van der Waals surface area contributed by atoms with E-state index in [4.69, 9.17) is 12.2 Å². The van der Waals surface area contributed by atoms with Gasteiger partial charge in [0.1, 0.15) is 5.82 Å². The van der Waals surface area contributed by atoms with Crippen LogP contribution in [0.5, 0.6) is 0 Å². The maximum Gasteiger partial charge on any atom is 0.214 e. The lowest BCUT2D eigenvalue weighted by atomic mass is 10.2. The van der Waals surface area contributed by atoms with E-state index in [0.717, 1.165) is 10.3 Å². The van der Waals surface area contributed by atoms with E-state index >= 15 is 0 Å².